The lowest BCUT2D eigenvalue weighted by atomic mass is 10.2. The molecule has 102 valence electrons. The molecular formula is C12H10N4O3S. The minimum Gasteiger partial charge on any atom is -0.321 e. The van der Waals surface area contributed by atoms with E-state index in [2.05, 4.69) is 15.3 Å². The normalized spacial score (nSPS) is 10.1. The van der Waals surface area contributed by atoms with Gasteiger partial charge >= 0.3 is 0 Å². The molecule has 0 unspecified atom stereocenters. The molecule has 1 N–H and O–H groups in total. The highest BCUT2D eigenvalue weighted by Crippen LogP contribution is 2.32. The summed E-state index contributed by atoms with van der Waals surface area (Å²) in [6.07, 6.45) is 4.66. The largest absolute Gasteiger partial charge is 0.321 e. The minimum absolute atomic E-state index is 0.158. The van der Waals surface area contributed by atoms with Crippen LogP contribution in [0.2, 0.25) is 0 Å². The average molecular weight is 290 g/mol. The molecule has 20 heavy (non-hydrogen) atoms. The number of rotatable bonds is 4. The number of nitro groups is 1. The maximum atomic E-state index is 11.0. The lowest BCUT2D eigenvalue weighted by molar-refractivity contribution is -0.384. The Morgan fingerprint density at radius 3 is 2.80 bits per heavy atom. The molecule has 0 bridgehead atoms. The number of nitrogens with zero attached hydrogens (tertiary/aromatic N) is 3. The first kappa shape index (κ1) is 13.9. The average Bonchev–Trinajstić information content (AvgIpc) is 2.41. The van der Waals surface area contributed by atoms with E-state index in [4.69, 9.17) is 0 Å². The van der Waals surface area contributed by atoms with E-state index in [1.165, 1.54) is 30.8 Å². The van der Waals surface area contributed by atoms with Crippen molar-refractivity contribution in [3.8, 4) is 0 Å². The van der Waals surface area contributed by atoms with E-state index >= 15 is 0 Å². The number of hydrogen-bond donors (Lipinski definition) is 1. The second-order valence-corrected chi connectivity index (χ2v) is 4.86. The molecular weight excluding hydrogens is 280 g/mol. The Kier molecular flexibility index (Phi) is 4.26. The van der Waals surface area contributed by atoms with Gasteiger partial charge in [0.1, 0.15) is 10.7 Å². The molecule has 0 atom stereocenters. The summed E-state index contributed by atoms with van der Waals surface area (Å²) in [6.45, 7) is 1.30. The smallest absolute Gasteiger partial charge is 0.293 e. The third-order valence-electron chi connectivity index (χ3n) is 2.24. The lowest BCUT2D eigenvalue weighted by Gasteiger charge is -2.05. The molecule has 0 saturated carbocycles. The van der Waals surface area contributed by atoms with Gasteiger partial charge < -0.3 is 5.32 Å². The first-order valence-corrected chi connectivity index (χ1v) is 6.38. The van der Waals surface area contributed by atoms with Gasteiger partial charge in [0.25, 0.3) is 5.69 Å². The Morgan fingerprint density at radius 1 is 1.40 bits per heavy atom. The van der Waals surface area contributed by atoms with Crippen LogP contribution in [-0.2, 0) is 4.79 Å². The molecule has 0 aliphatic rings. The lowest BCUT2D eigenvalue weighted by Crippen LogP contribution is -2.07. The van der Waals surface area contributed by atoms with Gasteiger partial charge in [-0.15, -0.1) is 0 Å². The molecule has 1 aromatic heterocycles. The molecule has 8 heteroatoms. The van der Waals surface area contributed by atoms with Crippen LogP contribution in [0.1, 0.15) is 6.92 Å². The number of aromatic nitrogens is 2. The summed E-state index contributed by atoms with van der Waals surface area (Å²) in [7, 11) is 0. The zero-order chi connectivity index (χ0) is 14.5. The fourth-order valence-electron chi connectivity index (χ4n) is 1.48. The van der Waals surface area contributed by atoms with Crippen molar-refractivity contribution < 1.29 is 9.72 Å². The monoisotopic (exact) mass is 290 g/mol. The number of carbonyl (C=O) groups is 1. The minimum atomic E-state index is -0.536. The topological polar surface area (TPSA) is 98.0 Å². The first-order chi connectivity index (χ1) is 9.56. The number of nitro benzene ring substituents is 1. The van der Waals surface area contributed by atoms with Gasteiger partial charge in [-0.1, -0.05) is 11.8 Å². The van der Waals surface area contributed by atoms with Crippen molar-refractivity contribution in [3.63, 3.8) is 0 Å². The van der Waals surface area contributed by atoms with Crippen molar-refractivity contribution >= 4 is 29.0 Å². The van der Waals surface area contributed by atoms with Crippen LogP contribution < -0.4 is 5.32 Å². The van der Waals surface area contributed by atoms with Crippen molar-refractivity contribution in [2.24, 2.45) is 0 Å². The first-order valence-electron chi connectivity index (χ1n) is 5.56. The highest BCUT2D eigenvalue weighted by molar-refractivity contribution is 7.99. The molecule has 1 amide bonds. The zero-order valence-electron chi connectivity index (χ0n) is 10.4. The number of hydrogen-bond acceptors (Lipinski definition) is 6. The van der Waals surface area contributed by atoms with Crippen LogP contribution in [0.5, 0.6) is 0 Å². The summed E-state index contributed by atoms with van der Waals surface area (Å²) in [6, 6.07) is 4.57. The van der Waals surface area contributed by atoms with Crippen molar-refractivity contribution in [1.29, 1.82) is 0 Å². The second kappa shape index (κ2) is 6.11. The molecule has 2 rings (SSSR count). The number of carbonyl (C=O) groups excluding carboxylic acids is 1. The summed E-state index contributed by atoms with van der Waals surface area (Å²) in [5.41, 5.74) is 0.0140. The van der Waals surface area contributed by atoms with Crippen LogP contribution >= 0.6 is 11.8 Å². The van der Waals surface area contributed by atoms with Gasteiger partial charge in [0.2, 0.25) is 5.91 Å². The fourth-order valence-corrected chi connectivity index (χ4v) is 2.26. The van der Waals surface area contributed by atoms with Gasteiger partial charge in [0.05, 0.1) is 11.1 Å². The quantitative estimate of drug-likeness (QED) is 0.686. The van der Waals surface area contributed by atoms with Gasteiger partial charge in [-0.05, 0) is 12.1 Å². The van der Waals surface area contributed by atoms with Crippen molar-refractivity contribution in [1.82, 2.24) is 9.97 Å². The molecule has 2 aromatic rings. The van der Waals surface area contributed by atoms with E-state index in [1.807, 2.05) is 0 Å². The summed E-state index contributed by atoms with van der Waals surface area (Å²) < 4.78 is 0. The van der Waals surface area contributed by atoms with E-state index in [0.717, 1.165) is 0 Å². The predicted molar refractivity (Wildman–Crippen MR) is 73.6 cm³/mol. The molecule has 0 aliphatic heterocycles. The standard InChI is InChI=1S/C12H10N4O3S/c1-8(17)15-10-3-2-9(6-11(10)16(18)19)20-12-7-13-4-5-14-12/h2-7H,1H3,(H,15,17). The third-order valence-corrected chi connectivity index (χ3v) is 3.15. The SMILES string of the molecule is CC(=O)Nc1ccc(Sc2cnccn2)cc1[N+](=O)[O-]. The summed E-state index contributed by atoms with van der Waals surface area (Å²) in [5, 5.41) is 14.1. The molecule has 1 aromatic carbocycles. The van der Waals surface area contributed by atoms with Gasteiger partial charge in [-0.2, -0.15) is 0 Å². The Hall–Kier alpha value is -2.48. The van der Waals surface area contributed by atoms with Crippen LogP contribution in [0.3, 0.4) is 0 Å². The van der Waals surface area contributed by atoms with E-state index in [-0.39, 0.29) is 17.3 Å². The summed E-state index contributed by atoms with van der Waals surface area (Å²) in [5.74, 6) is -0.359. The van der Waals surface area contributed by atoms with Gasteiger partial charge in [-0.3, -0.25) is 19.9 Å². The van der Waals surface area contributed by atoms with Crippen LogP contribution in [0.25, 0.3) is 0 Å². The maximum Gasteiger partial charge on any atom is 0.293 e. The van der Waals surface area contributed by atoms with Crippen molar-refractivity contribution in [3.05, 3.63) is 46.9 Å². The van der Waals surface area contributed by atoms with E-state index in [1.54, 1.807) is 24.7 Å². The maximum absolute atomic E-state index is 11.0. The third kappa shape index (κ3) is 3.51. The van der Waals surface area contributed by atoms with Gasteiger partial charge in [0.15, 0.2) is 0 Å². The van der Waals surface area contributed by atoms with Crippen LogP contribution in [0.15, 0.2) is 46.7 Å². The molecule has 0 aliphatic carbocycles. The molecule has 7 nitrogen and oxygen atoms in total. The second-order valence-electron chi connectivity index (χ2n) is 3.76. The van der Waals surface area contributed by atoms with Gasteiger partial charge in [-0.25, -0.2) is 4.98 Å². The van der Waals surface area contributed by atoms with Crippen LogP contribution in [0.4, 0.5) is 11.4 Å². The number of benzene rings is 1. The zero-order valence-corrected chi connectivity index (χ0v) is 11.3. The molecule has 0 radical (unpaired) electrons. The number of nitrogens with one attached hydrogen (secondary N) is 1. The predicted octanol–water partition coefficient (Wildman–Crippen LogP) is 2.49. The van der Waals surface area contributed by atoms with Crippen molar-refractivity contribution in [2.75, 3.05) is 5.32 Å². The Balaban J connectivity index is 2.30. The van der Waals surface area contributed by atoms with E-state index in [9.17, 15) is 14.9 Å². The molecule has 0 spiro atoms. The van der Waals surface area contributed by atoms with Crippen molar-refractivity contribution in [2.45, 2.75) is 16.8 Å². The fraction of sp³-hybridized carbons (Fsp3) is 0.0833. The van der Waals surface area contributed by atoms with E-state index < -0.39 is 4.92 Å². The Morgan fingerprint density at radius 2 is 2.20 bits per heavy atom. The highest BCUT2D eigenvalue weighted by Gasteiger charge is 2.16. The number of anilines is 1. The van der Waals surface area contributed by atoms with E-state index in [0.29, 0.717) is 9.92 Å². The molecule has 0 saturated heterocycles. The Labute approximate surface area is 118 Å². The summed E-state index contributed by atoms with van der Waals surface area (Å²) in [4.78, 5) is 30.1. The van der Waals surface area contributed by atoms with Crippen LogP contribution in [-0.4, -0.2) is 20.8 Å². The number of amides is 1. The van der Waals surface area contributed by atoms with Gasteiger partial charge in [0, 0.05) is 30.3 Å². The molecule has 0 fully saturated rings. The Bertz CT molecular complexity index is 648. The summed E-state index contributed by atoms with van der Waals surface area (Å²) >= 11 is 1.26. The van der Waals surface area contributed by atoms with Crippen LogP contribution in [0, 0.1) is 10.1 Å². The molecule has 1 heterocycles. The highest BCUT2D eigenvalue weighted by atomic mass is 32.2.